The topological polar surface area (TPSA) is 61.8 Å². The van der Waals surface area contributed by atoms with E-state index in [-0.39, 0.29) is 13.2 Å². The van der Waals surface area contributed by atoms with Crippen LogP contribution in [0.25, 0.3) is 0 Å². The van der Waals surface area contributed by atoms with Crippen LogP contribution in [0.4, 0.5) is 0 Å². The van der Waals surface area contributed by atoms with Crippen molar-refractivity contribution in [3.63, 3.8) is 0 Å². The number of cyclic esters (lactones) is 1. The Balaban J connectivity index is 2.43. The van der Waals surface area contributed by atoms with Crippen molar-refractivity contribution in [2.45, 2.75) is 19.7 Å². The van der Waals surface area contributed by atoms with Gasteiger partial charge in [0.15, 0.2) is 0 Å². The number of carbonyl (C=O) groups excluding carboxylic acids is 1. The van der Waals surface area contributed by atoms with Crippen LogP contribution >= 0.6 is 19.2 Å². The average Bonchev–Trinajstić information content (AvgIpc) is 2.68. The Hall–Kier alpha value is -0.870. The van der Waals surface area contributed by atoms with Crippen molar-refractivity contribution in [2.75, 3.05) is 13.2 Å². The number of esters is 1. The molecule has 0 saturated heterocycles. The second-order valence-electron chi connectivity index (χ2n) is 3.86. The fourth-order valence-corrected chi connectivity index (χ4v) is 3.94. The zero-order valence-electron chi connectivity index (χ0n) is 10.6. The van der Waals surface area contributed by atoms with Crippen molar-refractivity contribution in [2.24, 2.45) is 0 Å². The molecule has 0 amide bonds. The predicted octanol–water partition coefficient (Wildman–Crippen LogP) is 3.78. The second kappa shape index (κ2) is 5.63. The van der Waals surface area contributed by atoms with Gasteiger partial charge in [-0.1, -0.05) is 17.7 Å². The molecule has 0 bridgehead atoms. The Kier molecular flexibility index (Phi) is 4.31. The van der Waals surface area contributed by atoms with Crippen LogP contribution in [0.2, 0.25) is 5.02 Å². The van der Waals surface area contributed by atoms with E-state index in [4.69, 9.17) is 25.4 Å². The molecule has 0 spiro atoms. The molecule has 104 valence electrons. The van der Waals surface area contributed by atoms with E-state index in [2.05, 4.69) is 0 Å². The standard InChI is InChI=1S/C12H14ClO5P/c1-3-16-19(15,17-4-2)12-9-6-5-8(13)7-10(9)11(14)18-12/h5-7,12H,3-4H2,1-2H3. The molecule has 19 heavy (non-hydrogen) atoms. The number of hydrogen-bond acceptors (Lipinski definition) is 5. The fourth-order valence-electron chi connectivity index (χ4n) is 1.92. The number of hydrogen-bond donors (Lipinski definition) is 0. The molecule has 0 radical (unpaired) electrons. The first-order valence-corrected chi connectivity index (χ1v) is 7.90. The van der Waals surface area contributed by atoms with Crippen LogP contribution in [0, 0.1) is 0 Å². The van der Waals surface area contributed by atoms with Gasteiger partial charge in [-0.15, -0.1) is 0 Å². The number of rotatable bonds is 5. The maximum absolute atomic E-state index is 12.7. The number of benzene rings is 1. The van der Waals surface area contributed by atoms with Crippen LogP contribution < -0.4 is 0 Å². The quantitative estimate of drug-likeness (QED) is 0.612. The zero-order chi connectivity index (χ0) is 14.0. The van der Waals surface area contributed by atoms with Gasteiger partial charge in [-0.3, -0.25) is 4.57 Å². The van der Waals surface area contributed by atoms with E-state index in [1.807, 2.05) is 0 Å². The predicted molar refractivity (Wildman–Crippen MR) is 70.5 cm³/mol. The molecule has 1 heterocycles. The first-order chi connectivity index (χ1) is 9.01. The van der Waals surface area contributed by atoms with E-state index >= 15 is 0 Å². The van der Waals surface area contributed by atoms with Gasteiger partial charge in [0, 0.05) is 10.6 Å². The summed E-state index contributed by atoms with van der Waals surface area (Å²) in [6, 6.07) is 4.71. The number of carbonyl (C=O) groups is 1. The Morgan fingerprint density at radius 1 is 1.32 bits per heavy atom. The summed E-state index contributed by atoms with van der Waals surface area (Å²) in [5.41, 5.74) is 0.789. The molecule has 5 nitrogen and oxygen atoms in total. The van der Waals surface area contributed by atoms with Gasteiger partial charge < -0.3 is 13.8 Å². The molecule has 1 unspecified atom stereocenters. The Morgan fingerprint density at radius 3 is 2.53 bits per heavy atom. The van der Waals surface area contributed by atoms with Crippen LogP contribution in [-0.2, 0) is 18.3 Å². The van der Waals surface area contributed by atoms with Crippen LogP contribution in [0.5, 0.6) is 0 Å². The first-order valence-electron chi connectivity index (χ1n) is 5.91. The molecule has 0 N–H and O–H groups in total. The summed E-state index contributed by atoms with van der Waals surface area (Å²) in [7, 11) is -3.54. The van der Waals surface area contributed by atoms with Gasteiger partial charge in [-0.2, -0.15) is 0 Å². The highest BCUT2D eigenvalue weighted by molar-refractivity contribution is 7.54. The summed E-state index contributed by atoms with van der Waals surface area (Å²) in [5.74, 6) is -1.59. The Labute approximate surface area is 116 Å². The molecule has 0 aliphatic carbocycles. The molecule has 1 aromatic carbocycles. The van der Waals surface area contributed by atoms with Gasteiger partial charge in [0.25, 0.3) is 0 Å². The summed E-state index contributed by atoms with van der Waals surface area (Å²) in [6.07, 6.45) is 0. The highest BCUT2D eigenvalue weighted by Gasteiger charge is 2.46. The third-order valence-corrected chi connectivity index (χ3v) is 5.05. The van der Waals surface area contributed by atoms with E-state index in [0.29, 0.717) is 16.1 Å². The van der Waals surface area contributed by atoms with Crippen molar-refractivity contribution in [1.29, 1.82) is 0 Å². The van der Waals surface area contributed by atoms with Crippen LogP contribution in [0.3, 0.4) is 0 Å². The lowest BCUT2D eigenvalue weighted by atomic mass is 10.1. The lowest BCUT2D eigenvalue weighted by Crippen LogP contribution is -2.06. The maximum Gasteiger partial charge on any atom is 0.375 e. The van der Waals surface area contributed by atoms with Crippen molar-refractivity contribution < 1.29 is 23.1 Å². The number of halogens is 1. The van der Waals surface area contributed by atoms with Crippen molar-refractivity contribution in [1.82, 2.24) is 0 Å². The molecule has 1 atom stereocenters. The molecule has 0 fully saturated rings. The largest absolute Gasteiger partial charge is 0.441 e. The minimum atomic E-state index is -3.54. The normalized spacial score (nSPS) is 18.3. The van der Waals surface area contributed by atoms with Gasteiger partial charge in [-0.25, -0.2) is 4.79 Å². The van der Waals surface area contributed by atoms with E-state index in [0.717, 1.165) is 0 Å². The van der Waals surface area contributed by atoms with Gasteiger partial charge in [0.05, 0.1) is 18.8 Å². The second-order valence-corrected chi connectivity index (χ2v) is 6.37. The molecule has 2 rings (SSSR count). The van der Waals surface area contributed by atoms with Gasteiger partial charge in [0.2, 0.25) is 5.85 Å². The van der Waals surface area contributed by atoms with Crippen molar-refractivity contribution in [3.05, 3.63) is 34.3 Å². The minimum absolute atomic E-state index is 0.203. The van der Waals surface area contributed by atoms with Gasteiger partial charge in [-0.05, 0) is 26.0 Å². The summed E-state index contributed by atoms with van der Waals surface area (Å²) in [6.45, 7) is 3.80. The molecule has 0 aromatic heterocycles. The molecule has 1 aliphatic heterocycles. The highest BCUT2D eigenvalue weighted by Crippen LogP contribution is 2.63. The number of ether oxygens (including phenoxy) is 1. The lowest BCUT2D eigenvalue weighted by Gasteiger charge is -2.22. The number of fused-ring (bicyclic) bond motifs is 1. The highest BCUT2D eigenvalue weighted by atomic mass is 35.5. The van der Waals surface area contributed by atoms with Crippen LogP contribution in [0.1, 0.15) is 35.6 Å². The molecular formula is C12H14ClO5P. The van der Waals surface area contributed by atoms with Crippen molar-refractivity contribution in [3.8, 4) is 0 Å². The summed E-state index contributed by atoms with van der Waals surface area (Å²) in [5, 5.41) is 0.416. The maximum atomic E-state index is 12.7. The van der Waals surface area contributed by atoms with E-state index in [1.165, 1.54) is 6.07 Å². The van der Waals surface area contributed by atoms with Gasteiger partial charge >= 0.3 is 13.6 Å². The molecule has 1 aromatic rings. The van der Waals surface area contributed by atoms with Crippen molar-refractivity contribution >= 4 is 25.2 Å². The Bertz CT molecular complexity index is 535. The first kappa shape index (κ1) is 14.5. The van der Waals surface area contributed by atoms with E-state index in [9.17, 15) is 9.36 Å². The SMILES string of the molecule is CCOP(=O)(OCC)C1OC(=O)c2cc(Cl)ccc21. The fraction of sp³-hybridized carbons (Fsp3) is 0.417. The average molecular weight is 305 g/mol. The third kappa shape index (κ3) is 2.70. The monoisotopic (exact) mass is 304 g/mol. The van der Waals surface area contributed by atoms with Crippen LogP contribution in [0.15, 0.2) is 18.2 Å². The smallest absolute Gasteiger partial charge is 0.375 e. The van der Waals surface area contributed by atoms with E-state index < -0.39 is 19.4 Å². The summed E-state index contributed by atoms with van der Waals surface area (Å²) in [4.78, 5) is 11.8. The Morgan fingerprint density at radius 2 is 1.95 bits per heavy atom. The minimum Gasteiger partial charge on any atom is -0.441 e. The molecule has 7 heteroatoms. The summed E-state index contributed by atoms with van der Waals surface area (Å²) >= 11 is 5.83. The molecular weight excluding hydrogens is 291 g/mol. The summed E-state index contributed by atoms with van der Waals surface area (Å²) < 4.78 is 28.2. The van der Waals surface area contributed by atoms with Crippen LogP contribution in [-0.4, -0.2) is 19.2 Å². The molecule has 1 aliphatic rings. The zero-order valence-corrected chi connectivity index (χ0v) is 12.2. The molecule has 0 saturated carbocycles. The van der Waals surface area contributed by atoms with Gasteiger partial charge in [0.1, 0.15) is 0 Å². The lowest BCUT2D eigenvalue weighted by molar-refractivity contribution is 0.0440. The van der Waals surface area contributed by atoms with E-state index in [1.54, 1.807) is 26.0 Å². The third-order valence-electron chi connectivity index (χ3n) is 2.63.